The number of rotatable bonds is 7. The summed E-state index contributed by atoms with van der Waals surface area (Å²) in [5.41, 5.74) is 2.03. The van der Waals surface area contributed by atoms with Crippen molar-refractivity contribution in [3.63, 3.8) is 0 Å². The van der Waals surface area contributed by atoms with Crippen molar-refractivity contribution >= 4 is 5.78 Å². The fraction of sp³-hybridized carbons (Fsp3) is 0.375. The van der Waals surface area contributed by atoms with Gasteiger partial charge < -0.3 is 0 Å². The number of carbonyl (C=O) groups excluding carboxylic acids is 1. The zero-order valence-corrected chi connectivity index (χ0v) is 11.4. The van der Waals surface area contributed by atoms with E-state index in [4.69, 9.17) is 0 Å². The van der Waals surface area contributed by atoms with Gasteiger partial charge in [-0.2, -0.15) is 5.10 Å². The molecule has 0 aliphatic carbocycles. The van der Waals surface area contributed by atoms with Crippen molar-refractivity contribution < 1.29 is 4.79 Å². The summed E-state index contributed by atoms with van der Waals surface area (Å²) in [7, 11) is 0. The molecule has 2 aromatic rings. The Hall–Kier alpha value is -1.90. The monoisotopic (exact) mass is 256 g/mol. The first-order valence-corrected chi connectivity index (χ1v) is 6.90. The van der Waals surface area contributed by atoms with Crippen molar-refractivity contribution in [2.45, 2.75) is 39.2 Å². The van der Waals surface area contributed by atoms with Gasteiger partial charge in [-0.3, -0.25) is 9.48 Å². The Balaban J connectivity index is 1.86. The average molecular weight is 256 g/mol. The highest BCUT2D eigenvalue weighted by molar-refractivity contribution is 5.94. The molecular weight excluding hydrogens is 236 g/mol. The normalized spacial score (nSPS) is 10.6. The summed E-state index contributed by atoms with van der Waals surface area (Å²) in [5, 5.41) is 4.19. The molecule has 3 heteroatoms. The predicted octanol–water partition coefficient (Wildman–Crippen LogP) is 3.50. The molecule has 2 rings (SSSR count). The van der Waals surface area contributed by atoms with Gasteiger partial charge in [0.1, 0.15) is 5.69 Å². The molecule has 0 unspecified atom stereocenters. The van der Waals surface area contributed by atoms with Crippen LogP contribution in [-0.2, 0) is 13.0 Å². The van der Waals surface area contributed by atoms with Gasteiger partial charge in [0.2, 0.25) is 0 Å². The number of carbonyl (C=O) groups is 1. The van der Waals surface area contributed by atoms with E-state index < -0.39 is 0 Å². The number of benzene rings is 1. The van der Waals surface area contributed by atoms with Crippen molar-refractivity contribution in [1.82, 2.24) is 9.78 Å². The molecule has 0 bridgehead atoms. The van der Waals surface area contributed by atoms with Crippen LogP contribution in [0.25, 0.3) is 0 Å². The number of hydrogen-bond donors (Lipinski definition) is 0. The molecule has 0 radical (unpaired) electrons. The van der Waals surface area contributed by atoms with Crippen molar-refractivity contribution in [2.24, 2.45) is 0 Å². The highest BCUT2D eigenvalue weighted by atomic mass is 16.1. The van der Waals surface area contributed by atoms with E-state index in [0.717, 1.165) is 31.5 Å². The Morgan fingerprint density at radius 2 is 2.00 bits per heavy atom. The smallest absolute Gasteiger partial charge is 0.180 e. The highest BCUT2D eigenvalue weighted by Gasteiger charge is 2.11. The Labute approximate surface area is 114 Å². The second-order valence-corrected chi connectivity index (χ2v) is 4.70. The lowest BCUT2D eigenvalue weighted by Gasteiger charge is -2.05. The maximum Gasteiger partial charge on any atom is 0.180 e. The van der Waals surface area contributed by atoms with Crippen molar-refractivity contribution in [1.29, 1.82) is 0 Å². The summed E-state index contributed by atoms with van der Waals surface area (Å²) in [6.45, 7) is 2.90. The molecule has 1 heterocycles. The van der Waals surface area contributed by atoms with E-state index in [2.05, 4.69) is 24.2 Å². The van der Waals surface area contributed by atoms with Gasteiger partial charge in [-0.05, 0) is 30.9 Å². The number of nitrogens with zero attached hydrogens (tertiary/aromatic N) is 2. The second-order valence-electron chi connectivity index (χ2n) is 4.70. The fourth-order valence-corrected chi connectivity index (χ4v) is 2.19. The minimum Gasteiger partial charge on any atom is -0.292 e. The largest absolute Gasteiger partial charge is 0.292 e. The van der Waals surface area contributed by atoms with E-state index in [1.165, 1.54) is 5.56 Å². The first-order valence-electron chi connectivity index (χ1n) is 6.90. The van der Waals surface area contributed by atoms with E-state index in [0.29, 0.717) is 6.42 Å². The van der Waals surface area contributed by atoms with E-state index in [1.807, 2.05) is 28.9 Å². The minimum absolute atomic E-state index is 0.196. The van der Waals surface area contributed by atoms with Gasteiger partial charge in [0.15, 0.2) is 5.78 Å². The van der Waals surface area contributed by atoms with Crippen molar-refractivity contribution in [3.8, 4) is 0 Å². The van der Waals surface area contributed by atoms with Crippen LogP contribution >= 0.6 is 0 Å². The molecular formula is C16H20N2O. The van der Waals surface area contributed by atoms with Crippen LogP contribution in [-0.4, -0.2) is 15.6 Å². The molecule has 0 spiro atoms. The highest BCUT2D eigenvalue weighted by Crippen LogP contribution is 2.09. The van der Waals surface area contributed by atoms with Gasteiger partial charge in [0.25, 0.3) is 0 Å². The second kappa shape index (κ2) is 6.88. The van der Waals surface area contributed by atoms with Crippen molar-refractivity contribution in [2.75, 3.05) is 0 Å². The Morgan fingerprint density at radius 3 is 2.74 bits per heavy atom. The SMILES string of the molecule is CCCn1nccc1C(=O)CCCc1ccccc1. The van der Waals surface area contributed by atoms with Crippen LogP contribution in [0.4, 0.5) is 0 Å². The number of ketones is 1. The molecule has 3 nitrogen and oxygen atoms in total. The quantitative estimate of drug-likeness (QED) is 0.711. The third-order valence-corrected chi connectivity index (χ3v) is 3.15. The number of aromatic nitrogens is 2. The summed E-state index contributed by atoms with van der Waals surface area (Å²) in [5.74, 6) is 0.196. The van der Waals surface area contributed by atoms with Gasteiger partial charge in [-0.1, -0.05) is 37.3 Å². The Morgan fingerprint density at radius 1 is 1.21 bits per heavy atom. The van der Waals surface area contributed by atoms with Crippen LogP contribution in [0.5, 0.6) is 0 Å². The third-order valence-electron chi connectivity index (χ3n) is 3.15. The average Bonchev–Trinajstić information content (AvgIpc) is 2.89. The first-order chi connectivity index (χ1) is 9.31. The van der Waals surface area contributed by atoms with Gasteiger partial charge in [0.05, 0.1) is 0 Å². The molecule has 0 aliphatic heterocycles. The topological polar surface area (TPSA) is 34.9 Å². The summed E-state index contributed by atoms with van der Waals surface area (Å²) in [4.78, 5) is 12.1. The van der Waals surface area contributed by atoms with Gasteiger partial charge >= 0.3 is 0 Å². The molecule has 0 fully saturated rings. The van der Waals surface area contributed by atoms with Gasteiger partial charge in [0, 0.05) is 19.2 Å². The number of hydrogen-bond acceptors (Lipinski definition) is 2. The maximum absolute atomic E-state index is 12.1. The zero-order chi connectivity index (χ0) is 13.5. The van der Waals surface area contributed by atoms with Gasteiger partial charge in [-0.25, -0.2) is 0 Å². The summed E-state index contributed by atoms with van der Waals surface area (Å²) in [6.07, 6.45) is 5.13. The summed E-state index contributed by atoms with van der Waals surface area (Å²) in [6, 6.07) is 12.1. The van der Waals surface area contributed by atoms with Crippen LogP contribution < -0.4 is 0 Å². The van der Waals surface area contributed by atoms with E-state index in [1.54, 1.807) is 6.20 Å². The molecule has 0 saturated heterocycles. The molecule has 0 N–H and O–H groups in total. The van der Waals surface area contributed by atoms with Crippen LogP contribution in [0.1, 0.15) is 42.2 Å². The van der Waals surface area contributed by atoms with Crippen LogP contribution in [0, 0.1) is 0 Å². The van der Waals surface area contributed by atoms with Crippen LogP contribution in [0.3, 0.4) is 0 Å². The lowest BCUT2D eigenvalue weighted by Crippen LogP contribution is -2.10. The summed E-state index contributed by atoms with van der Waals surface area (Å²) < 4.78 is 1.81. The molecule has 0 aliphatic rings. The number of Topliss-reactive ketones (excluding diaryl/α,β-unsaturated/α-hetero) is 1. The molecule has 19 heavy (non-hydrogen) atoms. The maximum atomic E-state index is 12.1. The lowest BCUT2D eigenvalue weighted by molar-refractivity contribution is 0.0969. The van der Waals surface area contributed by atoms with E-state index in [9.17, 15) is 4.79 Å². The van der Waals surface area contributed by atoms with E-state index >= 15 is 0 Å². The van der Waals surface area contributed by atoms with Gasteiger partial charge in [-0.15, -0.1) is 0 Å². The minimum atomic E-state index is 0.196. The molecule has 100 valence electrons. The Bertz CT molecular complexity index is 517. The fourth-order valence-electron chi connectivity index (χ4n) is 2.19. The third kappa shape index (κ3) is 3.78. The van der Waals surface area contributed by atoms with Crippen LogP contribution in [0.15, 0.2) is 42.6 Å². The molecule has 1 aromatic heterocycles. The number of aryl methyl sites for hydroxylation is 2. The lowest BCUT2D eigenvalue weighted by atomic mass is 10.1. The standard InChI is InChI=1S/C16H20N2O/c1-2-13-18-15(11-12-17-18)16(19)10-6-9-14-7-4-3-5-8-14/h3-5,7-8,11-12H,2,6,9-10,13H2,1H3. The predicted molar refractivity (Wildman–Crippen MR) is 76.2 cm³/mol. The van der Waals surface area contributed by atoms with Crippen molar-refractivity contribution in [3.05, 3.63) is 53.9 Å². The first kappa shape index (κ1) is 13.5. The Kier molecular flexibility index (Phi) is 4.90. The van der Waals surface area contributed by atoms with E-state index in [-0.39, 0.29) is 5.78 Å². The summed E-state index contributed by atoms with van der Waals surface area (Å²) >= 11 is 0. The molecule has 1 aromatic carbocycles. The molecule has 0 saturated carbocycles. The zero-order valence-electron chi connectivity index (χ0n) is 11.4. The molecule has 0 amide bonds. The molecule has 0 atom stereocenters. The van der Waals surface area contributed by atoms with Crippen LogP contribution in [0.2, 0.25) is 0 Å².